The van der Waals surface area contributed by atoms with Gasteiger partial charge >= 0.3 is 0 Å². The van der Waals surface area contributed by atoms with Crippen LogP contribution in [0, 0.1) is 13.8 Å². The van der Waals surface area contributed by atoms with Crippen LogP contribution in [0.1, 0.15) is 46.5 Å². The predicted octanol–water partition coefficient (Wildman–Crippen LogP) is 5.51. The molecule has 0 fully saturated rings. The zero-order chi connectivity index (χ0) is 23.3. The predicted molar refractivity (Wildman–Crippen MR) is 136 cm³/mol. The largest absolute Gasteiger partial charge is 0.381 e. The van der Waals surface area contributed by atoms with Crippen molar-refractivity contribution >= 4 is 0 Å². The first-order chi connectivity index (χ1) is 16.1. The number of aryl methyl sites for hydroxylation is 4. The normalized spacial score (nSPS) is 11.1. The van der Waals surface area contributed by atoms with E-state index in [2.05, 4.69) is 92.2 Å². The molecule has 0 N–H and O–H groups in total. The van der Waals surface area contributed by atoms with E-state index < -0.39 is 0 Å². The second kappa shape index (κ2) is 13.9. The van der Waals surface area contributed by atoms with Crippen LogP contribution in [-0.2, 0) is 42.2 Å². The molecule has 0 amide bonds. The maximum Gasteiger partial charge on any atom is 0.181 e. The van der Waals surface area contributed by atoms with Gasteiger partial charge in [0.1, 0.15) is 7.05 Å². The summed E-state index contributed by atoms with van der Waals surface area (Å²) in [6, 6.07) is 24.1. The molecule has 0 radical (unpaired) electrons. The second-order valence-corrected chi connectivity index (χ2v) is 8.97. The molecule has 0 aliphatic carbocycles. The molecule has 0 atom stereocenters. The van der Waals surface area contributed by atoms with Crippen molar-refractivity contribution in [1.29, 1.82) is 0 Å². The van der Waals surface area contributed by atoms with Crippen molar-refractivity contribution in [3.05, 3.63) is 100 Å². The van der Waals surface area contributed by atoms with Crippen LogP contribution >= 0.6 is 0 Å². The Labute approximate surface area is 200 Å². The maximum absolute atomic E-state index is 5.87. The number of pyridine rings is 1. The molecule has 0 unspecified atom stereocenters. The Balaban J connectivity index is 1.29. The zero-order valence-corrected chi connectivity index (χ0v) is 20.7. The van der Waals surface area contributed by atoms with Crippen molar-refractivity contribution in [1.82, 2.24) is 0 Å². The van der Waals surface area contributed by atoms with Gasteiger partial charge in [-0.25, -0.2) is 4.57 Å². The maximum atomic E-state index is 5.87. The molecule has 0 saturated heterocycles. The van der Waals surface area contributed by atoms with Crippen molar-refractivity contribution in [2.75, 3.05) is 26.4 Å². The fraction of sp³-hybridized carbons (Fsp3) is 0.433. The standard InChI is InChI=1S/C30H40NO2/c1-25-11-15-27(16-12-25)19-23-32-21-5-9-29-7-4-8-30(31(29)3)10-6-22-33-24-20-28-17-13-26(2)14-18-28/h4,7-8,11-18H,5-6,9-10,19-24H2,1-3H3/q+1. The molecule has 3 nitrogen and oxygen atoms in total. The minimum Gasteiger partial charge on any atom is -0.381 e. The Hall–Kier alpha value is -2.49. The van der Waals surface area contributed by atoms with Crippen molar-refractivity contribution in [3.63, 3.8) is 0 Å². The molecule has 33 heavy (non-hydrogen) atoms. The molecule has 0 bridgehead atoms. The first-order valence-electron chi connectivity index (χ1n) is 12.4. The minimum absolute atomic E-state index is 0.791. The van der Waals surface area contributed by atoms with E-state index in [9.17, 15) is 0 Å². The molecule has 0 spiro atoms. The van der Waals surface area contributed by atoms with Crippen LogP contribution in [0.2, 0.25) is 0 Å². The van der Waals surface area contributed by atoms with Gasteiger partial charge in [-0.1, -0.05) is 59.7 Å². The van der Waals surface area contributed by atoms with Gasteiger partial charge in [0, 0.05) is 38.2 Å². The quantitative estimate of drug-likeness (QED) is 0.241. The molecule has 0 saturated carbocycles. The van der Waals surface area contributed by atoms with Gasteiger partial charge in [-0.15, -0.1) is 0 Å². The lowest BCUT2D eigenvalue weighted by Gasteiger charge is -2.07. The lowest BCUT2D eigenvalue weighted by Crippen LogP contribution is -2.38. The summed E-state index contributed by atoms with van der Waals surface area (Å²) in [5, 5.41) is 0. The monoisotopic (exact) mass is 446 g/mol. The highest BCUT2D eigenvalue weighted by Crippen LogP contribution is 2.07. The molecular formula is C30H40NO2+. The van der Waals surface area contributed by atoms with Crippen LogP contribution in [0.3, 0.4) is 0 Å². The molecule has 0 aliphatic heterocycles. The van der Waals surface area contributed by atoms with Gasteiger partial charge in [-0.3, -0.25) is 0 Å². The third-order valence-electron chi connectivity index (χ3n) is 6.19. The number of hydrogen-bond acceptors (Lipinski definition) is 2. The van der Waals surface area contributed by atoms with Crippen molar-refractivity contribution in [2.45, 2.75) is 52.4 Å². The van der Waals surface area contributed by atoms with Gasteiger partial charge in [0.05, 0.1) is 13.2 Å². The Morgan fingerprint density at radius 3 is 1.39 bits per heavy atom. The van der Waals surface area contributed by atoms with E-state index >= 15 is 0 Å². The lowest BCUT2D eigenvalue weighted by molar-refractivity contribution is -0.686. The summed E-state index contributed by atoms with van der Waals surface area (Å²) in [5.41, 5.74) is 8.04. The van der Waals surface area contributed by atoms with Crippen molar-refractivity contribution in [3.8, 4) is 0 Å². The summed E-state index contributed by atoms with van der Waals surface area (Å²) in [5.74, 6) is 0. The SMILES string of the molecule is Cc1ccc(CCOCCCc2cccc(CCCOCCc3ccc(C)cc3)[n+]2C)cc1. The first kappa shape index (κ1) is 25.1. The van der Waals surface area contributed by atoms with Crippen LogP contribution in [-0.4, -0.2) is 26.4 Å². The third kappa shape index (κ3) is 9.11. The van der Waals surface area contributed by atoms with E-state index in [4.69, 9.17) is 9.47 Å². The van der Waals surface area contributed by atoms with E-state index in [1.54, 1.807) is 0 Å². The zero-order valence-electron chi connectivity index (χ0n) is 20.7. The molecule has 3 heteroatoms. The fourth-order valence-corrected chi connectivity index (χ4v) is 3.98. The van der Waals surface area contributed by atoms with Crippen LogP contribution in [0.15, 0.2) is 66.7 Å². The Morgan fingerprint density at radius 1 is 0.545 bits per heavy atom. The van der Waals surface area contributed by atoms with E-state index in [0.29, 0.717) is 0 Å². The molecule has 0 aliphatic rings. The molecule has 1 heterocycles. The molecule has 3 rings (SSSR count). The van der Waals surface area contributed by atoms with E-state index in [1.165, 1.54) is 33.6 Å². The average molecular weight is 447 g/mol. The van der Waals surface area contributed by atoms with Gasteiger partial charge in [0.25, 0.3) is 0 Å². The number of aromatic nitrogens is 1. The smallest absolute Gasteiger partial charge is 0.181 e. The number of hydrogen-bond donors (Lipinski definition) is 0. The molecule has 1 aromatic heterocycles. The van der Waals surface area contributed by atoms with Gasteiger partial charge < -0.3 is 9.47 Å². The highest BCUT2D eigenvalue weighted by Gasteiger charge is 2.12. The average Bonchev–Trinajstić information content (AvgIpc) is 2.82. The topological polar surface area (TPSA) is 22.3 Å². The molecule has 2 aromatic carbocycles. The number of nitrogens with zero attached hydrogens (tertiary/aromatic N) is 1. The Kier molecular flexibility index (Phi) is 10.6. The van der Waals surface area contributed by atoms with Crippen LogP contribution in [0.5, 0.6) is 0 Å². The molecule has 3 aromatic rings. The second-order valence-electron chi connectivity index (χ2n) is 8.97. The van der Waals surface area contributed by atoms with E-state index in [0.717, 1.165) is 65.0 Å². The highest BCUT2D eigenvalue weighted by molar-refractivity contribution is 5.22. The number of rotatable bonds is 14. The minimum atomic E-state index is 0.791. The van der Waals surface area contributed by atoms with E-state index in [1.807, 2.05) is 0 Å². The van der Waals surface area contributed by atoms with Crippen LogP contribution in [0.4, 0.5) is 0 Å². The Bertz CT molecular complexity index is 872. The summed E-state index contributed by atoms with van der Waals surface area (Å²) < 4.78 is 14.1. The summed E-state index contributed by atoms with van der Waals surface area (Å²) in [6.07, 6.45) is 6.15. The van der Waals surface area contributed by atoms with Crippen LogP contribution in [0.25, 0.3) is 0 Å². The summed E-state index contributed by atoms with van der Waals surface area (Å²) in [6.45, 7) is 7.45. The van der Waals surface area contributed by atoms with Gasteiger partial charge in [-0.2, -0.15) is 0 Å². The molecular weight excluding hydrogens is 406 g/mol. The molecule has 176 valence electrons. The Morgan fingerprint density at radius 2 is 0.970 bits per heavy atom. The van der Waals surface area contributed by atoms with E-state index in [-0.39, 0.29) is 0 Å². The van der Waals surface area contributed by atoms with Crippen molar-refractivity contribution in [2.24, 2.45) is 7.05 Å². The summed E-state index contributed by atoms with van der Waals surface area (Å²) >= 11 is 0. The van der Waals surface area contributed by atoms with Gasteiger partial charge in [0.2, 0.25) is 0 Å². The highest BCUT2D eigenvalue weighted by atomic mass is 16.5. The number of ether oxygens (including phenoxy) is 2. The summed E-state index contributed by atoms with van der Waals surface area (Å²) in [4.78, 5) is 0. The van der Waals surface area contributed by atoms with Crippen molar-refractivity contribution < 1.29 is 14.0 Å². The third-order valence-corrected chi connectivity index (χ3v) is 6.19. The first-order valence-corrected chi connectivity index (χ1v) is 12.4. The van der Waals surface area contributed by atoms with Gasteiger partial charge in [-0.05, 0) is 56.7 Å². The van der Waals surface area contributed by atoms with Gasteiger partial charge in [0.15, 0.2) is 11.4 Å². The number of benzene rings is 2. The lowest BCUT2D eigenvalue weighted by atomic mass is 10.1. The fourth-order valence-electron chi connectivity index (χ4n) is 3.98. The van der Waals surface area contributed by atoms with Crippen LogP contribution < -0.4 is 4.57 Å². The summed E-state index contributed by atoms with van der Waals surface area (Å²) in [7, 11) is 2.18.